The molecule has 1 aromatic rings. The predicted octanol–water partition coefficient (Wildman–Crippen LogP) is 2.14. The maximum Gasteiger partial charge on any atom is 0.495 e. The lowest BCUT2D eigenvalue weighted by molar-refractivity contribution is -0.0982. The van der Waals surface area contributed by atoms with Crippen molar-refractivity contribution in [3.05, 3.63) is 17.6 Å². The molecular weight excluding hydrogens is 255 g/mol. The molecule has 0 aliphatic heterocycles. The highest BCUT2D eigenvalue weighted by atomic mass is 16.5. The Bertz CT molecular complexity index is 463. The minimum Gasteiger partial charge on any atom is -0.466 e. The molecule has 1 aromatic heterocycles. The Morgan fingerprint density at radius 1 is 1.10 bits per heavy atom. The largest absolute Gasteiger partial charge is 0.495 e. The van der Waals surface area contributed by atoms with E-state index in [0.717, 1.165) is 5.76 Å². The van der Waals surface area contributed by atoms with Crippen molar-refractivity contribution < 1.29 is 19.2 Å². The highest BCUT2D eigenvalue weighted by Gasteiger charge is 2.40. The fraction of sp³-hybridized carbons (Fsp3) is 0.733. The molecule has 114 valence electrons. The van der Waals surface area contributed by atoms with Gasteiger partial charge in [-0.05, 0) is 40.7 Å². The molecule has 4 nitrogen and oxygen atoms in total. The summed E-state index contributed by atoms with van der Waals surface area (Å²) in [6, 6.07) is 1.82. The monoisotopic (exact) mass is 282 g/mol. The van der Waals surface area contributed by atoms with Gasteiger partial charge in [-0.15, -0.1) is 0 Å². The SMILES string of the molecule is Cc1oc(C(C)(C)C)cc1B(O)OC(C)(C)C(C)(C)O. The highest BCUT2D eigenvalue weighted by molar-refractivity contribution is 6.60. The Labute approximate surface area is 122 Å². The number of hydrogen-bond donors (Lipinski definition) is 2. The molecule has 0 unspecified atom stereocenters. The van der Waals surface area contributed by atoms with E-state index in [-0.39, 0.29) is 5.41 Å². The average molecular weight is 282 g/mol. The number of furan rings is 1. The van der Waals surface area contributed by atoms with Crippen LogP contribution in [0.4, 0.5) is 0 Å². The summed E-state index contributed by atoms with van der Waals surface area (Å²) in [5.41, 5.74) is -1.49. The molecule has 0 aliphatic rings. The van der Waals surface area contributed by atoms with E-state index in [9.17, 15) is 10.1 Å². The second-order valence-electron chi connectivity index (χ2n) is 7.41. The maximum atomic E-state index is 10.3. The molecule has 0 amide bonds. The molecule has 0 fully saturated rings. The van der Waals surface area contributed by atoms with Crippen molar-refractivity contribution in [2.45, 2.75) is 72.0 Å². The van der Waals surface area contributed by atoms with Gasteiger partial charge in [0.2, 0.25) is 0 Å². The molecule has 0 saturated heterocycles. The molecule has 0 aliphatic carbocycles. The summed E-state index contributed by atoms with van der Waals surface area (Å²) in [6.45, 7) is 14.7. The van der Waals surface area contributed by atoms with Crippen LogP contribution in [0.2, 0.25) is 0 Å². The minimum atomic E-state index is -1.13. The van der Waals surface area contributed by atoms with Gasteiger partial charge in [0.15, 0.2) is 0 Å². The first-order valence-corrected chi connectivity index (χ1v) is 6.95. The van der Waals surface area contributed by atoms with E-state index in [2.05, 4.69) is 0 Å². The Balaban J connectivity index is 3.00. The van der Waals surface area contributed by atoms with Crippen molar-refractivity contribution in [2.75, 3.05) is 0 Å². The lowest BCUT2D eigenvalue weighted by Crippen LogP contribution is -2.53. The Hall–Kier alpha value is -0.775. The van der Waals surface area contributed by atoms with Gasteiger partial charge in [0, 0.05) is 10.9 Å². The van der Waals surface area contributed by atoms with Crippen molar-refractivity contribution in [3.63, 3.8) is 0 Å². The van der Waals surface area contributed by atoms with E-state index in [1.54, 1.807) is 34.6 Å². The number of aryl methyl sites for hydroxylation is 1. The summed E-state index contributed by atoms with van der Waals surface area (Å²) in [6.07, 6.45) is 0. The Kier molecular flexibility index (Phi) is 4.50. The maximum absolute atomic E-state index is 10.3. The van der Waals surface area contributed by atoms with E-state index in [4.69, 9.17) is 9.07 Å². The van der Waals surface area contributed by atoms with Gasteiger partial charge in [-0.3, -0.25) is 0 Å². The van der Waals surface area contributed by atoms with Crippen LogP contribution in [0.15, 0.2) is 10.5 Å². The topological polar surface area (TPSA) is 62.8 Å². The summed E-state index contributed by atoms with van der Waals surface area (Å²) in [5.74, 6) is 1.43. The summed E-state index contributed by atoms with van der Waals surface area (Å²) in [7, 11) is -1.13. The zero-order valence-corrected chi connectivity index (χ0v) is 13.9. The molecule has 1 heterocycles. The number of hydrogen-bond acceptors (Lipinski definition) is 4. The third-order valence-electron chi connectivity index (χ3n) is 3.84. The summed E-state index contributed by atoms with van der Waals surface area (Å²) in [4.78, 5) is 0. The van der Waals surface area contributed by atoms with E-state index in [0.29, 0.717) is 11.2 Å². The van der Waals surface area contributed by atoms with Crippen LogP contribution in [-0.2, 0) is 10.1 Å². The predicted molar refractivity (Wildman–Crippen MR) is 81.2 cm³/mol. The van der Waals surface area contributed by atoms with Crippen molar-refractivity contribution in [1.29, 1.82) is 0 Å². The molecule has 0 radical (unpaired) electrons. The molecule has 2 N–H and O–H groups in total. The molecule has 0 atom stereocenters. The molecule has 1 rings (SSSR count). The number of rotatable bonds is 4. The van der Waals surface area contributed by atoms with Gasteiger partial charge in [0.1, 0.15) is 11.5 Å². The molecule has 0 spiro atoms. The van der Waals surface area contributed by atoms with E-state index in [1.807, 2.05) is 26.8 Å². The third-order valence-corrected chi connectivity index (χ3v) is 3.84. The lowest BCUT2D eigenvalue weighted by atomic mass is 9.76. The second kappa shape index (κ2) is 5.21. The van der Waals surface area contributed by atoms with Crippen molar-refractivity contribution in [2.24, 2.45) is 0 Å². The molecule has 0 saturated carbocycles. The van der Waals surface area contributed by atoms with Crippen molar-refractivity contribution in [3.8, 4) is 0 Å². The van der Waals surface area contributed by atoms with Gasteiger partial charge in [-0.25, -0.2) is 0 Å². The van der Waals surface area contributed by atoms with Crippen LogP contribution in [0.5, 0.6) is 0 Å². The van der Waals surface area contributed by atoms with Gasteiger partial charge in [-0.2, -0.15) is 0 Å². The van der Waals surface area contributed by atoms with Gasteiger partial charge in [-0.1, -0.05) is 20.8 Å². The van der Waals surface area contributed by atoms with Crippen molar-refractivity contribution in [1.82, 2.24) is 0 Å². The van der Waals surface area contributed by atoms with Gasteiger partial charge in [0.25, 0.3) is 0 Å². The quantitative estimate of drug-likeness (QED) is 0.830. The number of aliphatic hydroxyl groups is 1. The van der Waals surface area contributed by atoms with Crippen LogP contribution < -0.4 is 5.46 Å². The van der Waals surface area contributed by atoms with Crippen LogP contribution in [0, 0.1) is 6.92 Å². The van der Waals surface area contributed by atoms with Crippen LogP contribution in [0.25, 0.3) is 0 Å². The summed E-state index contributed by atoms with van der Waals surface area (Å²) >= 11 is 0. The smallest absolute Gasteiger partial charge is 0.466 e. The Morgan fingerprint density at radius 3 is 1.95 bits per heavy atom. The van der Waals surface area contributed by atoms with Crippen molar-refractivity contribution >= 4 is 12.6 Å². The second-order valence-corrected chi connectivity index (χ2v) is 7.41. The normalized spacial score (nSPS) is 13.7. The highest BCUT2D eigenvalue weighted by Crippen LogP contribution is 2.27. The molecule has 20 heavy (non-hydrogen) atoms. The summed E-state index contributed by atoms with van der Waals surface area (Å²) < 4.78 is 11.3. The van der Waals surface area contributed by atoms with Gasteiger partial charge in [0.05, 0.1) is 11.2 Å². The minimum absolute atomic E-state index is 0.130. The molecule has 5 heteroatoms. The van der Waals surface area contributed by atoms with Gasteiger partial charge < -0.3 is 19.2 Å². The van der Waals surface area contributed by atoms with E-state index >= 15 is 0 Å². The first kappa shape index (κ1) is 17.3. The van der Waals surface area contributed by atoms with Gasteiger partial charge >= 0.3 is 7.12 Å². The zero-order valence-electron chi connectivity index (χ0n) is 13.9. The fourth-order valence-electron chi connectivity index (χ4n) is 1.60. The van der Waals surface area contributed by atoms with Crippen LogP contribution in [0.1, 0.15) is 60.0 Å². The first-order valence-electron chi connectivity index (χ1n) is 6.95. The fourth-order valence-corrected chi connectivity index (χ4v) is 1.60. The first-order chi connectivity index (χ1) is 8.75. The summed E-state index contributed by atoms with van der Waals surface area (Å²) in [5, 5.41) is 20.4. The van der Waals surface area contributed by atoms with Crippen LogP contribution in [-0.4, -0.2) is 28.5 Å². The van der Waals surface area contributed by atoms with Crippen LogP contribution in [0.3, 0.4) is 0 Å². The molecule has 0 bridgehead atoms. The lowest BCUT2D eigenvalue weighted by Gasteiger charge is -2.38. The third kappa shape index (κ3) is 3.65. The zero-order chi connectivity index (χ0) is 15.9. The molecular formula is C15H27BO4. The van der Waals surface area contributed by atoms with E-state index < -0.39 is 18.3 Å². The average Bonchev–Trinajstić information content (AvgIpc) is 2.57. The van der Waals surface area contributed by atoms with Crippen LogP contribution >= 0.6 is 0 Å². The molecule has 0 aromatic carbocycles. The standard InChI is InChI=1S/C15H27BO4/c1-10-11(9-12(19-10)13(2,3)4)16(18)20-15(7,8)14(5,6)17/h9,17-18H,1-8H3. The van der Waals surface area contributed by atoms with E-state index in [1.165, 1.54) is 0 Å². The Morgan fingerprint density at radius 2 is 1.60 bits per heavy atom.